The standard InChI is InChI=1S/C22H17FN2O2/c1-13-5-3-4-6-18(13)22-25-19-12-17(11-14(2)20(19)27-22)24-21(26)15-7-9-16(23)10-8-15/h3-12H,1-2H3,(H,24,26). The van der Waals surface area contributed by atoms with E-state index >= 15 is 0 Å². The van der Waals surface area contributed by atoms with Crippen LogP contribution in [0.1, 0.15) is 21.5 Å². The van der Waals surface area contributed by atoms with E-state index < -0.39 is 0 Å². The van der Waals surface area contributed by atoms with Gasteiger partial charge in [-0.25, -0.2) is 9.37 Å². The highest BCUT2D eigenvalue weighted by Crippen LogP contribution is 2.30. The molecule has 0 bridgehead atoms. The second-order valence-corrected chi connectivity index (χ2v) is 6.44. The van der Waals surface area contributed by atoms with Gasteiger partial charge in [-0.3, -0.25) is 4.79 Å². The molecule has 0 aliphatic carbocycles. The maximum Gasteiger partial charge on any atom is 0.255 e. The van der Waals surface area contributed by atoms with Crippen molar-refractivity contribution in [2.45, 2.75) is 13.8 Å². The first-order valence-electron chi connectivity index (χ1n) is 8.55. The Morgan fingerprint density at radius 1 is 1.00 bits per heavy atom. The molecule has 0 saturated heterocycles. The number of fused-ring (bicyclic) bond motifs is 1. The zero-order valence-corrected chi connectivity index (χ0v) is 14.9. The Kier molecular flexibility index (Phi) is 4.20. The number of nitrogens with zero attached hydrogens (tertiary/aromatic N) is 1. The maximum atomic E-state index is 13.0. The summed E-state index contributed by atoms with van der Waals surface area (Å²) in [6.45, 7) is 3.91. The zero-order chi connectivity index (χ0) is 19.0. The largest absolute Gasteiger partial charge is 0.436 e. The monoisotopic (exact) mass is 360 g/mol. The van der Waals surface area contributed by atoms with Crippen LogP contribution in [0.2, 0.25) is 0 Å². The van der Waals surface area contributed by atoms with Gasteiger partial charge in [0, 0.05) is 16.8 Å². The van der Waals surface area contributed by atoms with E-state index in [1.54, 1.807) is 6.07 Å². The van der Waals surface area contributed by atoms with Gasteiger partial charge < -0.3 is 9.73 Å². The number of halogens is 1. The molecule has 0 aliphatic heterocycles. The van der Waals surface area contributed by atoms with E-state index in [-0.39, 0.29) is 11.7 Å². The highest BCUT2D eigenvalue weighted by Gasteiger charge is 2.14. The Bertz CT molecular complexity index is 1150. The number of hydrogen-bond acceptors (Lipinski definition) is 3. The Morgan fingerprint density at radius 3 is 2.48 bits per heavy atom. The van der Waals surface area contributed by atoms with Crippen LogP contribution in [-0.2, 0) is 0 Å². The van der Waals surface area contributed by atoms with Crippen LogP contribution in [0, 0.1) is 19.7 Å². The molecular formula is C22H17FN2O2. The lowest BCUT2D eigenvalue weighted by Gasteiger charge is -2.06. The van der Waals surface area contributed by atoms with Gasteiger partial charge in [0.2, 0.25) is 5.89 Å². The number of hydrogen-bond donors (Lipinski definition) is 1. The van der Waals surface area contributed by atoms with E-state index in [2.05, 4.69) is 10.3 Å². The molecule has 0 aliphatic rings. The smallest absolute Gasteiger partial charge is 0.255 e. The average Bonchev–Trinajstić information content (AvgIpc) is 3.07. The molecule has 1 aromatic heterocycles. The van der Waals surface area contributed by atoms with E-state index in [0.29, 0.717) is 28.2 Å². The normalized spacial score (nSPS) is 10.9. The van der Waals surface area contributed by atoms with Gasteiger partial charge in [-0.2, -0.15) is 0 Å². The lowest BCUT2D eigenvalue weighted by atomic mass is 10.1. The molecule has 1 heterocycles. The second-order valence-electron chi connectivity index (χ2n) is 6.44. The van der Waals surface area contributed by atoms with Gasteiger partial charge in [0.15, 0.2) is 5.58 Å². The van der Waals surface area contributed by atoms with Gasteiger partial charge >= 0.3 is 0 Å². The highest BCUT2D eigenvalue weighted by atomic mass is 19.1. The van der Waals surface area contributed by atoms with E-state index in [1.807, 2.05) is 44.2 Å². The van der Waals surface area contributed by atoms with Crippen molar-refractivity contribution in [2.24, 2.45) is 0 Å². The van der Waals surface area contributed by atoms with Crippen molar-refractivity contribution in [2.75, 3.05) is 5.32 Å². The van der Waals surface area contributed by atoms with Crippen molar-refractivity contribution in [1.82, 2.24) is 4.98 Å². The third-order valence-electron chi connectivity index (χ3n) is 4.42. The lowest BCUT2D eigenvalue weighted by molar-refractivity contribution is 0.102. The molecule has 1 N–H and O–H groups in total. The Labute approximate surface area is 155 Å². The van der Waals surface area contributed by atoms with Crippen LogP contribution in [0.15, 0.2) is 65.1 Å². The Morgan fingerprint density at radius 2 is 1.74 bits per heavy atom. The average molecular weight is 360 g/mol. The van der Waals surface area contributed by atoms with Gasteiger partial charge in [-0.05, 0) is 67.4 Å². The van der Waals surface area contributed by atoms with Crippen molar-refractivity contribution in [1.29, 1.82) is 0 Å². The summed E-state index contributed by atoms with van der Waals surface area (Å²) in [5.74, 6) is -0.139. The fourth-order valence-corrected chi connectivity index (χ4v) is 3.00. The van der Waals surface area contributed by atoms with Crippen LogP contribution in [0.3, 0.4) is 0 Å². The van der Waals surface area contributed by atoms with Crippen molar-refractivity contribution in [3.63, 3.8) is 0 Å². The zero-order valence-electron chi connectivity index (χ0n) is 14.9. The van der Waals surface area contributed by atoms with Gasteiger partial charge in [0.1, 0.15) is 11.3 Å². The summed E-state index contributed by atoms with van der Waals surface area (Å²) in [5.41, 5.74) is 5.23. The minimum absolute atomic E-state index is 0.309. The quantitative estimate of drug-likeness (QED) is 0.525. The van der Waals surface area contributed by atoms with Crippen LogP contribution >= 0.6 is 0 Å². The fraction of sp³-hybridized carbons (Fsp3) is 0.0909. The topological polar surface area (TPSA) is 55.1 Å². The first kappa shape index (κ1) is 17.0. The molecule has 27 heavy (non-hydrogen) atoms. The van der Waals surface area contributed by atoms with Crippen LogP contribution in [0.5, 0.6) is 0 Å². The van der Waals surface area contributed by atoms with Crippen LogP contribution in [0.25, 0.3) is 22.6 Å². The third-order valence-corrected chi connectivity index (χ3v) is 4.42. The Hall–Kier alpha value is -3.47. The molecule has 5 heteroatoms. The molecule has 4 rings (SSSR count). The molecule has 134 valence electrons. The molecule has 0 unspecified atom stereocenters. The lowest BCUT2D eigenvalue weighted by Crippen LogP contribution is -2.11. The summed E-state index contributed by atoms with van der Waals surface area (Å²) in [5, 5.41) is 2.83. The molecule has 4 aromatic rings. The van der Waals surface area contributed by atoms with Crippen LogP contribution in [0.4, 0.5) is 10.1 Å². The molecule has 1 amide bonds. The minimum atomic E-state index is -0.379. The summed E-state index contributed by atoms with van der Waals surface area (Å²) in [6.07, 6.45) is 0. The number of anilines is 1. The molecule has 0 fully saturated rings. The number of aryl methyl sites for hydroxylation is 2. The predicted octanol–water partition coefficient (Wildman–Crippen LogP) is 5.50. The van der Waals surface area contributed by atoms with Crippen molar-refractivity contribution >= 4 is 22.7 Å². The van der Waals surface area contributed by atoms with Gasteiger partial charge in [0.25, 0.3) is 5.91 Å². The van der Waals surface area contributed by atoms with Gasteiger partial charge in [0.05, 0.1) is 0 Å². The number of benzene rings is 3. The number of oxazole rings is 1. The number of carbonyl (C=O) groups is 1. The van der Waals surface area contributed by atoms with Gasteiger partial charge in [-0.1, -0.05) is 18.2 Å². The van der Waals surface area contributed by atoms with Gasteiger partial charge in [-0.15, -0.1) is 0 Å². The summed E-state index contributed by atoms with van der Waals surface area (Å²) in [4.78, 5) is 17.0. The highest BCUT2D eigenvalue weighted by molar-refractivity contribution is 6.05. The summed E-state index contributed by atoms with van der Waals surface area (Å²) in [6, 6.07) is 16.9. The number of carbonyl (C=O) groups excluding carboxylic acids is 1. The maximum absolute atomic E-state index is 13.0. The van der Waals surface area contributed by atoms with Crippen LogP contribution in [-0.4, -0.2) is 10.9 Å². The first-order valence-corrected chi connectivity index (χ1v) is 8.55. The summed E-state index contributed by atoms with van der Waals surface area (Å²) in [7, 11) is 0. The molecule has 0 saturated carbocycles. The Balaban J connectivity index is 1.68. The first-order chi connectivity index (χ1) is 13.0. The van der Waals surface area contributed by atoms with E-state index in [0.717, 1.165) is 16.7 Å². The second kappa shape index (κ2) is 6.68. The van der Waals surface area contributed by atoms with Crippen molar-refractivity contribution in [3.8, 4) is 11.5 Å². The fourth-order valence-electron chi connectivity index (χ4n) is 3.00. The van der Waals surface area contributed by atoms with E-state index in [1.165, 1.54) is 24.3 Å². The number of amides is 1. The third kappa shape index (κ3) is 3.31. The molecule has 3 aromatic carbocycles. The molecule has 0 atom stereocenters. The number of aromatic nitrogens is 1. The van der Waals surface area contributed by atoms with Crippen molar-refractivity contribution in [3.05, 3.63) is 83.2 Å². The number of rotatable bonds is 3. The molecule has 4 nitrogen and oxygen atoms in total. The summed E-state index contributed by atoms with van der Waals surface area (Å²) >= 11 is 0. The van der Waals surface area contributed by atoms with E-state index in [4.69, 9.17) is 4.42 Å². The van der Waals surface area contributed by atoms with Crippen LogP contribution < -0.4 is 5.32 Å². The van der Waals surface area contributed by atoms with Crippen molar-refractivity contribution < 1.29 is 13.6 Å². The predicted molar refractivity (Wildman–Crippen MR) is 103 cm³/mol. The SMILES string of the molecule is Cc1ccccc1-c1nc2cc(NC(=O)c3ccc(F)cc3)cc(C)c2o1. The molecule has 0 radical (unpaired) electrons. The van der Waals surface area contributed by atoms with E-state index in [9.17, 15) is 9.18 Å². The minimum Gasteiger partial charge on any atom is -0.436 e. The molecular weight excluding hydrogens is 343 g/mol. The summed E-state index contributed by atoms with van der Waals surface area (Å²) < 4.78 is 19.0. The molecule has 0 spiro atoms. The number of nitrogens with one attached hydrogen (secondary N) is 1.